The first-order chi connectivity index (χ1) is 10.3. The summed E-state index contributed by atoms with van der Waals surface area (Å²) in [5.74, 6) is 0.0169. The topological polar surface area (TPSA) is 50.7 Å². The molecule has 0 radical (unpaired) electrons. The van der Waals surface area contributed by atoms with E-state index >= 15 is 0 Å². The van der Waals surface area contributed by atoms with Gasteiger partial charge in [-0.25, -0.2) is 9.37 Å². The first kappa shape index (κ1) is 11.8. The van der Waals surface area contributed by atoms with Gasteiger partial charge in [0.05, 0.1) is 11.0 Å². The van der Waals surface area contributed by atoms with Crippen molar-refractivity contribution in [2.24, 2.45) is 0 Å². The van der Waals surface area contributed by atoms with Crippen LogP contribution in [-0.4, -0.2) is 14.5 Å². The van der Waals surface area contributed by atoms with Gasteiger partial charge in [-0.05, 0) is 24.3 Å². The standard InChI is InChI=1S/C16H10FN3O/c17-11-6-2-1-5-10(11)15-16(21)20-13-8-4-3-7-12(13)18-9-14(20)19-15/h1-9,18H. The molecule has 2 heterocycles. The molecule has 0 bridgehead atoms. The molecule has 2 aliphatic rings. The van der Waals surface area contributed by atoms with Gasteiger partial charge in [0.2, 0.25) is 0 Å². The van der Waals surface area contributed by atoms with E-state index in [-0.39, 0.29) is 16.8 Å². The first-order valence-electron chi connectivity index (χ1n) is 6.49. The van der Waals surface area contributed by atoms with E-state index in [9.17, 15) is 9.18 Å². The van der Waals surface area contributed by atoms with Crippen molar-refractivity contribution >= 4 is 11.0 Å². The van der Waals surface area contributed by atoms with Gasteiger partial charge in [-0.3, -0.25) is 9.36 Å². The van der Waals surface area contributed by atoms with Crippen LogP contribution in [0.5, 0.6) is 0 Å². The molecule has 2 aromatic rings. The number of rotatable bonds is 1. The summed E-state index contributed by atoms with van der Waals surface area (Å²) in [6.45, 7) is 0. The van der Waals surface area contributed by atoms with E-state index in [4.69, 9.17) is 0 Å². The summed E-state index contributed by atoms with van der Waals surface area (Å²) in [5, 5.41) is 0. The van der Waals surface area contributed by atoms with Crippen molar-refractivity contribution in [1.29, 1.82) is 0 Å². The molecule has 4 nitrogen and oxygen atoms in total. The predicted molar refractivity (Wildman–Crippen MR) is 78.3 cm³/mol. The molecule has 0 unspecified atom stereocenters. The largest absolute Gasteiger partial charge is 0.357 e. The summed E-state index contributed by atoms with van der Waals surface area (Å²) in [5.41, 5.74) is 1.56. The quantitative estimate of drug-likeness (QED) is 0.582. The number of hydrogen-bond donors (Lipinski definition) is 1. The minimum atomic E-state index is -0.453. The van der Waals surface area contributed by atoms with Crippen LogP contribution in [0, 0.1) is 5.82 Å². The molecular formula is C16H10FN3O. The lowest BCUT2D eigenvalue weighted by molar-refractivity contribution is 0.630. The smallest absolute Gasteiger partial charge is 0.283 e. The summed E-state index contributed by atoms with van der Waals surface area (Å²) >= 11 is 0. The normalized spacial score (nSPS) is 11.3. The van der Waals surface area contributed by atoms with Gasteiger partial charge in [-0.2, -0.15) is 0 Å². The third kappa shape index (κ3) is 1.67. The van der Waals surface area contributed by atoms with Crippen molar-refractivity contribution in [2.75, 3.05) is 0 Å². The number of para-hydroxylation sites is 2. The second kappa shape index (κ2) is 4.28. The molecular weight excluding hydrogens is 269 g/mol. The number of nitrogens with zero attached hydrogens (tertiary/aromatic N) is 2. The van der Waals surface area contributed by atoms with Crippen LogP contribution < -0.4 is 5.56 Å². The van der Waals surface area contributed by atoms with Gasteiger partial charge in [-0.15, -0.1) is 0 Å². The Morgan fingerprint density at radius 3 is 2.67 bits per heavy atom. The molecule has 0 spiro atoms. The van der Waals surface area contributed by atoms with Crippen molar-refractivity contribution in [3.05, 3.63) is 70.9 Å². The van der Waals surface area contributed by atoms with Gasteiger partial charge in [-0.1, -0.05) is 24.3 Å². The maximum atomic E-state index is 13.9. The van der Waals surface area contributed by atoms with Crippen LogP contribution in [-0.2, 0) is 0 Å². The van der Waals surface area contributed by atoms with Gasteiger partial charge in [0, 0.05) is 11.8 Å². The Labute approximate surface area is 118 Å². The van der Waals surface area contributed by atoms with Gasteiger partial charge in [0.15, 0.2) is 5.82 Å². The number of nitrogens with one attached hydrogen (secondary N) is 1. The van der Waals surface area contributed by atoms with E-state index in [0.717, 1.165) is 11.0 Å². The number of H-pyrrole nitrogens is 1. The zero-order chi connectivity index (χ0) is 14.4. The van der Waals surface area contributed by atoms with Crippen LogP contribution in [0.4, 0.5) is 4.39 Å². The zero-order valence-electron chi connectivity index (χ0n) is 10.9. The van der Waals surface area contributed by atoms with E-state index in [2.05, 4.69) is 9.97 Å². The molecule has 21 heavy (non-hydrogen) atoms. The van der Waals surface area contributed by atoms with Crippen LogP contribution in [0.3, 0.4) is 0 Å². The maximum absolute atomic E-state index is 13.9. The SMILES string of the molecule is O=c1c(-c2ccccc2F)nc2c[nH]c3ccccc3n1-2. The van der Waals surface area contributed by atoms with E-state index in [1.165, 1.54) is 10.6 Å². The van der Waals surface area contributed by atoms with Crippen LogP contribution in [0.2, 0.25) is 0 Å². The lowest BCUT2D eigenvalue weighted by atomic mass is 10.1. The number of aromatic amines is 1. The number of benzene rings is 2. The summed E-state index contributed by atoms with van der Waals surface area (Å²) in [7, 11) is 0. The molecule has 5 heteroatoms. The van der Waals surface area contributed by atoms with Crippen molar-refractivity contribution in [3.63, 3.8) is 0 Å². The molecule has 102 valence electrons. The van der Waals surface area contributed by atoms with Gasteiger partial charge < -0.3 is 4.98 Å². The highest BCUT2D eigenvalue weighted by atomic mass is 19.1. The Bertz CT molecular complexity index is 986. The molecule has 0 atom stereocenters. The highest BCUT2D eigenvalue weighted by Gasteiger charge is 2.19. The lowest BCUT2D eigenvalue weighted by Gasteiger charge is -2.05. The van der Waals surface area contributed by atoms with Crippen molar-refractivity contribution in [2.45, 2.75) is 0 Å². The number of aromatic nitrogens is 3. The molecule has 0 aliphatic carbocycles. The predicted octanol–water partition coefficient (Wildman–Crippen LogP) is 2.96. The van der Waals surface area contributed by atoms with E-state index < -0.39 is 5.82 Å². The summed E-state index contributed by atoms with van der Waals surface area (Å²) in [4.78, 5) is 20.0. The number of imidazole rings is 1. The molecule has 0 saturated carbocycles. The lowest BCUT2D eigenvalue weighted by Crippen LogP contribution is -2.14. The monoisotopic (exact) mass is 279 g/mol. The second-order valence-corrected chi connectivity index (χ2v) is 4.74. The zero-order valence-corrected chi connectivity index (χ0v) is 10.9. The minimum absolute atomic E-state index is 0.123. The highest BCUT2D eigenvalue weighted by Crippen LogP contribution is 2.22. The fourth-order valence-corrected chi connectivity index (χ4v) is 2.51. The summed E-state index contributed by atoms with van der Waals surface area (Å²) < 4.78 is 15.4. The van der Waals surface area contributed by atoms with Crippen LogP contribution in [0.15, 0.2) is 59.5 Å². The van der Waals surface area contributed by atoms with Gasteiger partial charge in [0.25, 0.3) is 5.56 Å². The second-order valence-electron chi connectivity index (χ2n) is 4.74. The average molecular weight is 279 g/mol. The fourth-order valence-electron chi connectivity index (χ4n) is 2.51. The Morgan fingerprint density at radius 2 is 1.81 bits per heavy atom. The Hall–Kier alpha value is -2.95. The Kier molecular flexibility index (Phi) is 2.41. The molecule has 2 aromatic carbocycles. The molecule has 0 amide bonds. The molecule has 4 rings (SSSR count). The molecule has 1 N–H and O–H groups in total. The number of fused-ring (bicyclic) bond motifs is 3. The summed E-state index contributed by atoms with van der Waals surface area (Å²) in [6, 6.07) is 13.6. The molecule has 0 aromatic heterocycles. The first-order valence-corrected chi connectivity index (χ1v) is 6.49. The third-order valence-electron chi connectivity index (χ3n) is 3.49. The maximum Gasteiger partial charge on any atom is 0.283 e. The van der Waals surface area contributed by atoms with E-state index in [1.807, 2.05) is 24.3 Å². The van der Waals surface area contributed by atoms with Crippen molar-refractivity contribution < 1.29 is 4.39 Å². The number of hydrogen-bond acceptors (Lipinski definition) is 2. The van der Waals surface area contributed by atoms with Crippen LogP contribution >= 0.6 is 0 Å². The summed E-state index contributed by atoms with van der Waals surface area (Å²) in [6.07, 6.45) is 1.65. The fraction of sp³-hybridized carbons (Fsp3) is 0. The molecule has 0 fully saturated rings. The van der Waals surface area contributed by atoms with Crippen molar-refractivity contribution in [1.82, 2.24) is 14.5 Å². The van der Waals surface area contributed by atoms with Crippen molar-refractivity contribution in [3.8, 4) is 17.1 Å². The Morgan fingerprint density at radius 1 is 1.05 bits per heavy atom. The average Bonchev–Trinajstić information content (AvgIpc) is 2.85. The van der Waals surface area contributed by atoms with E-state index in [0.29, 0.717) is 5.82 Å². The van der Waals surface area contributed by atoms with Gasteiger partial charge >= 0.3 is 0 Å². The van der Waals surface area contributed by atoms with Crippen LogP contribution in [0.1, 0.15) is 0 Å². The molecule has 2 aliphatic heterocycles. The van der Waals surface area contributed by atoms with Crippen LogP contribution in [0.25, 0.3) is 28.1 Å². The third-order valence-corrected chi connectivity index (χ3v) is 3.49. The minimum Gasteiger partial charge on any atom is -0.357 e. The van der Waals surface area contributed by atoms with Gasteiger partial charge in [0.1, 0.15) is 11.5 Å². The Balaban J connectivity index is 2.12. The highest BCUT2D eigenvalue weighted by molar-refractivity contribution is 5.78. The number of halogens is 1. The van der Waals surface area contributed by atoms with E-state index in [1.54, 1.807) is 24.4 Å². The molecule has 0 saturated heterocycles.